The fourth-order valence-corrected chi connectivity index (χ4v) is 2.97. The molecule has 2 heterocycles. The Hall–Kier alpha value is -1.88. The number of hydrogen-bond donors (Lipinski definition) is 1. The number of nitrogens with one attached hydrogen (secondary N) is 1. The van der Waals surface area contributed by atoms with Crippen molar-refractivity contribution in [2.75, 3.05) is 23.3 Å². The highest BCUT2D eigenvalue weighted by Crippen LogP contribution is 2.26. The molecular weight excluding hydrogens is 303 g/mol. The van der Waals surface area contributed by atoms with Gasteiger partial charge in [0, 0.05) is 36.6 Å². The molecule has 1 aliphatic rings. The van der Waals surface area contributed by atoms with E-state index in [4.69, 9.17) is 11.6 Å². The van der Waals surface area contributed by atoms with Crippen molar-refractivity contribution in [2.24, 2.45) is 0 Å². The van der Waals surface area contributed by atoms with Crippen LogP contribution in [0.1, 0.15) is 17.9 Å². The Labute approximate surface area is 134 Å². The molecule has 3 rings (SSSR count). The molecule has 22 heavy (non-hydrogen) atoms. The van der Waals surface area contributed by atoms with Crippen LogP contribution in [0, 0.1) is 19.7 Å². The predicted molar refractivity (Wildman–Crippen MR) is 87.2 cm³/mol. The summed E-state index contributed by atoms with van der Waals surface area (Å²) in [5, 5.41) is 3.61. The van der Waals surface area contributed by atoms with E-state index in [1.807, 2.05) is 19.9 Å². The van der Waals surface area contributed by atoms with Crippen molar-refractivity contribution in [2.45, 2.75) is 26.3 Å². The van der Waals surface area contributed by atoms with Crippen LogP contribution in [0.5, 0.6) is 0 Å². The molecule has 116 valence electrons. The van der Waals surface area contributed by atoms with E-state index >= 15 is 0 Å². The summed E-state index contributed by atoms with van der Waals surface area (Å²) in [6, 6.07) is 7.11. The van der Waals surface area contributed by atoms with Gasteiger partial charge in [-0.25, -0.2) is 14.4 Å². The van der Waals surface area contributed by atoms with Gasteiger partial charge in [0.05, 0.1) is 5.02 Å². The summed E-state index contributed by atoms with van der Waals surface area (Å²) < 4.78 is 13.2. The van der Waals surface area contributed by atoms with E-state index in [0.717, 1.165) is 42.5 Å². The first-order valence-corrected chi connectivity index (χ1v) is 7.68. The average molecular weight is 321 g/mol. The third-order valence-electron chi connectivity index (χ3n) is 3.77. The zero-order chi connectivity index (χ0) is 15.7. The molecule has 4 nitrogen and oxygen atoms in total. The van der Waals surface area contributed by atoms with E-state index in [2.05, 4.69) is 20.2 Å². The second kappa shape index (κ2) is 6.08. The van der Waals surface area contributed by atoms with Gasteiger partial charge >= 0.3 is 0 Å². The Morgan fingerprint density at radius 2 is 2.09 bits per heavy atom. The van der Waals surface area contributed by atoms with Gasteiger partial charge < -0.3 is 10.2 Å². The molecule has 2 aromatic rings. The smallest absolute Gasteiger partial charge is 0.141 e. The fraction of sp³-hybridized carbons (Fsp3) is 0.375. The Kier molecular flexibility index (Phi) is 4.16. The lowest BCUT2D eigenvalue weighted by Crippen LogP contribution is -2.26. The van der Waals surface area contributed by atoms with Gasteiger partial charge in [-0.3, -0.25) is 0 Å². The lowest BCUT2D eigenvalue weighted by Gasteiger charge is -2.19. The van der Waals surface area contributed by atoms with Gasteiger partial charge in [0.2, 0.25) is 0 Å². The van der Waals surface area contributed by atoms with Gasteiger partial charge in [-0.15, -0.1) is 0 Å². The first-order valence-electron chi connectivity index (χ1n) is 7.30. The molecule has 1 N–H and O–H groups in total. The van der Waals surface area contributed by atoms with E-state index in [0.29, 0.717) is 6.04 Å². The van der Waals surface area contributed by atoms with Crippen molar-refractivity contribution in [3.8, 4) is 0 Å². The van der Waals surface area contributed by atoms with Gasteiger partial charge in [-0.2, -0.15) is 0 Å². The Morgan fingerprint density at radius 1 is 1.27 bits per heavy atom. The summed E-state index contributed by atoms with van der Waals surface area (Å²) in [4.78, 5) is 10.9. The molecule has 0 radical (unpaired) electrons. The van der Waals surface area contributed by atoms with Crippen molar-refractivity contribution in [1.29, 1.82) is 0 Å². The first-order chi connectivity index (χ1) is 10.5. The van der Waals surface area contributed by atoms with Crippen LogP contribution in [0.3, 0.4) is 0 Å². The first kappa shape index (κ1) is 15.0. The van der Waals surface area contributed by atoms with E-state index in [9.17, 15) is 4.39 Å². The molecule has 0 saturated carbocycles. The zero-order valence-corrected chi connectivity index (χ0v) is 13.4. The van der Waals surface area contributed by atoms with Gasteiger partial charge in [0.1, 0.15) is 17.5 Å². The van der Waals surface area contributed by atoms with Crippen molar-refractivity contribution < 1.29 is 4.39 Å². The summed E-state index contributed by atoms with van der Waals surface area (Å²) in [5.74, 6) is 1.24. The number of anilines is 2. The molecule has 6 heteroatoms. The van der Waals surface area contributed by atoms with E-state index in [-0.39, 0.29) is 10.8 Å². The largest absolute Gasteiger partial charge is 0.369 e. The maximum Gasteiger partial charge on any atom is 0.141 e. The quantitative estimate of drug-likeness (QED) is 0.938. The van der Waals surface area contributed by atoms with Crippen LogP contribution < -0.4 is 10.2 Å². The van der Waals surface area contributed by atoms with Gasteiger partial charge in [-0.05, 0) is 38.5 Å². The third-order valence-corrected chi connectivity index (χ3v) is 4.06. The zero-order valence-electron chi connectivity index (χ0n) is 12.6. The predicted octanol–water partition coefficient (Wildman–Crippen LogP) is 3.58. The lowest BCUT2D eigenvalue weighted by molar-refractivity contribution is 0.628. The Bertz CT molecular complexity index is 672. The standard InChI is InChI=1S/C16H18ClFN4/c1-10-7-16(20-11(2)19-10)21-12-5-6-22(9-12)13-3-4-15(18)14(17)8-13/h3-4,7-8,12H,5-6,9H2,1-2H3,(H,19,20,21). The van der Waals surface area contributed by atoms with Crippen LogP contribution in [-0.4, -0.2) is 29.1 Å². The molecule has 1 aromatic carbocycles. The van der Waals surface area contributed by atoms with E-state index in [1.165, 1.54) is 6.07 Å². The number of nitrogens with zero attached hydrogens (tertiary/aromatic N) is 3. The molecular formula is C16H18ClFN4. The second-order valence-corrected chi connectivity index (χ2v) is 6.02. The van der Waals surface area contributed by atoms with Crippen molar-refractivity contribution in [3.63, 3.8) is 0 Å². The molecule has 1 fully saturated rings. The maximum atomic E-state index is 13.2. The summed E-state index contributed by atoms with van der Waals surface area (Å²) in [5.41, 5.74) is 1.90. The maximum absolute atomic E-state index is 13.2. The normalized spacial score (nSPS) is 17.8. The van der Waals surface area contributed by atoms with E-state index in [1.54, 1.807) is 12.1 Å². The number of halogens is 2. The monoisotopic (exact) mass is 320 g/mol. The molecule has 1 aliphatic heterocycles. The van der Waals surface area contributed by atoms with Crippen LogP contribution in [-0.2, 0) is 0 Å². The second-order valence-electron chi connectivity index (χ2n) is 5.62. The molecule has 0 spiro atoms. The van der Waals surface area contributed by atoms with Crippen molar-refractivity contribution in [3.05, 3.63) is 46.6 Å². The highest BCUT2D eigenvalue weighted by Gasteiger charge is 2.23. The molecule has 1 saturated heterocycles. The number of rotatable bonds is 3. The molecule has 0 bridgehead atoms. The van der Waals surface area contributed by atoms with Crippen molar-refractivity contribution in [1.82, 2.24) is 9.97 Å². The van der Waals surface area contributed by atoms with Gasteiger partial charge in [0.25, 0.3) is 0 Å². The average Bonchev–Trinajstić information content (AvgIpc) is 2.89. The Morgan fingerprint density at radius 3 is 2.82 bits per heavy atom. The van der Waals surface area contributed by atoms with Gasteiger partial charge in [-0.1, -0.05) is 11.6 Å². The lowest BCUT2D eigenvalue weighted by atomic mass is 10.2. The highest BCUT2D eigenvalue weighted by atomic mass is 35.5. The minimum atomic E-state index is -0.383. The summed E-state index contributed by atoms with van der Waals surface area (Å²) in [6.07, 6.45) is 0.997. The van der Waals surface area contributed by atoms with Crippen LogP contribution >= 0.6 is 11.6 Å². The number of aryl methyl sites for hydroxylation is 2. The van der Waals surface area contributed by atoms with Crippen LogP contribution in [0.4, 0.5) is 15.9 Å². The molecule has 1 aromatic heterocycles. The van der Waals surface area contributed by atoms with Crippen LogP contribution in [0.25, 0.3) is 0 Å². The fourth-order valence-electron chi connectivity index (χ4n) is 2.79. The minimum Gasteiger partial charge on any atom is -0.369 e. The summed E-state index contributed by atoms with van der Waals surface area (Å²) in [6.45, 7) is 5.59. The van der Waals surface area contributed by atoms with Gasteiger partial charge in [0.15, 0.2) is 0 Å². The van der Waals surface area contributed by atoms with Crippen molar-refractivity contribution >= 4 is 23.1 Å². The number of aromatic nitrogens is 2. The number of benzene rings is 1. The molecule has 0 aliphatic carbocycles. The van der Waals surface area contributed by atoms with Crippen LogP contribution in [0.2, 0.25) is 5.02 Å². The third kappa shape index (κ3) is 3.30. The molecule has 1 unspecified atom stereocenters. The minimum absolute atomic E-state index is 0.163. The topological polar surface area (TPSA) is 41.0 Å². The highest BCUT2D eigenvalue weighted by molar-refractivity contribution is 6.31. The Balaban J connectivity index is 1.68. The van der Waals surface area contributed by atoms with Crippen LogP contribution in [0.15, 0.2) is 24.3 Å². The summed E-state index contributed by atoms with van der Waals surface area (Å²) >= 11 is 5.86. The molecule has 0 amide bonds. The molecule has 1 atom stereocenters. The summed E-state index contributed by atoms with van der Waals surface area (Å²) in [7, 11) is 0. The van der Waals surface area contributed by atoms with E-state index < -0.39 is 0 Å². The number of hydrogen-bond acceptors (Lipinski definition) is 4. The SMILES string of the molecule is Cc1cc(NC2CCN(c3ccc(F)c(Cl)c3)C2)nc(C)n1.